The maximum atomic E-state index is 13.5. The van der Waals surface area contributed by atoms with E-state index in [0.717, 1.165) is 0 Å². The van der Waals surface area contributed by atoms with Crippen molar-refractivity contribution in [3.63, 3.8) is 0 Å². The molecule has 0 radical (unpaired) electrons. The molecule has 0 aromatic heterocycles. The molecule has 2 aromatic carbocycles. The number of aliphatic carboxylic acids is 3. The Morgan fingerprint density at radius 1 is 0.796 bits per heavy atom. The molecule has 0 saturated heterocycles. The highest BCUT2D eigenvalue weighted by Gasteiger charge is 2.34. The molecule has 1 aliphatic rings. The van der Waals surface area contributed by atoms with Crippen LogP contribution in [0.3, 0.4) is 0 Å². The first-order chi connectivity index (χ1) is 25.6. The van der Waals surface area contributed by atoms with Gasteiger partial charge in [0.15, 0.2) is 5.37 Å². The second-order valence-corrected chi connectivity index (χ2v) is 13.4. The summed E-state index contributed by atoms with van der Waals surface area (Å²) in [4.78, 5) is 101. The molecule has 288 valence electrons. The van der Waals surface area contributed by atoms with Crippen molar-refractivity contribution in [1.82, 2.24) is 21.3 Å². The zero-order chi connectivity index (χ0) is 39.9. The SMILES string of the molecule is CC(C)C(NC(=O)C(CCC(=O)O)NC(=O)C(CC(=O)O)NC(=O)OCc1ccccc1)C(=O)NC(CC(=O)O)C(=O)Nc1ccc2c(c1)SC(C#N)N2. The summed E-state index contributed by atoms with van der Waals surface area (Å²) in [6.45, 7) is 2.82. The summed E-state index contributed by atoms with van der Waals surface area (Å²) in [5.41, 5.74) is 1.51. The maximum Gasteiger partial charge on any atom is 0.408 e. The first-order valence-electron chi connectivity index (χ1n) is 16.4. The van der Waals surface area contributed by atoms with Gasteiger partial charge in [0.2, 0.25) is 23.6 Å². The summed E-state index contributed by atoms with van der Waals surface area (Å²) < 4.78 is 5.05. The molecule has 5 amide bonds. The predicted octanol–water partition coefficient (Wildman–Crippen LogP) is 1.21. The van der Waals surface area contributed by atoms with Crippen LogP contribution in [0.2, 0.25) is 0 Å². The highest BCUT2D eigenvalue weighted by atomic mass is 32.2. The quantitative estimate of drug-likeness (QED) is 0.0970. The second kappa shape index (κ2) is 20.0. The molecule has 5 unspecified atom stereocenters. The van der Waals surface area contributed by atoms with Gasteiger partial charge in [0.25, 0.3) is 0 Å². The van der Waals surface area contributed by atoms with Crippen LogP contribution in [0, 0.1) is 17.2 Å². The third-order valence-electron chi connectivity index (χ3n) is 7.64. The zero-order valence-corrected chi connectivity index (χ0v) is 29.8. The highest BCUT2D eigenvalue weighted by Crippen LogP contribution is 2.39. The number of carboxylic acid groups (broad SMARTS) is 3. The molecule has 20 heteroatoms. The van der Waals surface area contributed by atoms with Crippen molar-refractivity contribution in [2.45, 2.75) is 80.6 Å². The highest BCUT2D eigenvalue weighted by molar-refractivity contribution is 8.00. The Morgan fingerprint density at radius 2 is 1.41 bits per heavy atom. The Balaban J connectivity index is 1.72. The van der Waals surface area contributed by atoms with E-state index in [1.807, 2.05) is 0 Å². The zero-order valence-electron chi connectivity index (χ0n) is 29.0. The molecule has 9 N–H and O–H groups in total. The van der Waals surface area contributed by atoms with Crippen LogP contribution in [0.25, 0.3) is 0 Å². The number of carbonyl (C=O) groups excluding carboxylic acids is 5. The van der Waals surface area contributed by atoms with Crippen LogP contribution in [-0.4, -0.2) is 92.5 Å². The van der Waals surface area contributed by atoms with Crippen LogP contribution >= 0.6 is 11.8 Å². The van der Waals surface area contributed by atoms with Gasteiger partial charge < -0.3 is 52.0 Å². The summed E-state index contributed by atoms with van der Waals surface area (Å²) in [6, 6.07) is 8.68. The summed E-state index contributed by atoms with van der Waals surface area (Å²) >= 11 is 1.20. The Morgan fingerprint density at radius 3 is 2.00 bits per heavy atom. The van der Waals surface area contributed by atoms with Crippen molar-refractivity contribution in [2.24, 2.45) is 5.92 Å². The lowest BCUT2D eigenvalue weighted by molar-refractivity contribution is -0.141. The molecule has 0 saturated carbocycles. The number of thioether (sulfide) groups is 1. The molecular weight excluding hydrogens is 730 g/mol. The first kappa shape index (κ1) is 42.1. The van der Waals surface area contributed by atoms with Gasteiger partial charge in [-0.25, -0.2) is 4.79 Å². The monoisotopic (exact) mass is 769 g/mol. The van der Waals surface area contributed by atoms with Gasteiger partial charge in [-0.2, -0.15) is 5.26 Å². The Hall–Kier alpha value is -6.36. The minimum atomic E-state index is -1.77. The number of alkyl carbamates (subject to hydrolysis) is 1. The number of nitrogens with zero attached hydrogens (tertiary/aromatic N) is 1. The number of carboxylic acids is 3. The van der Waals surface area contributed by atoms with Gasteiger partial charge in [-0.15, -0.1) is 0 Å². The van der Waals surface area contributed by atoms with Crippen molar-refractivity contribution < 1.29 is 58.4 Å². The molecule has 0 spiro atoms. The van der Waals surface area contributed by atoms with E-state index in [-0.39, 0.29) is 12.3 Å². The van der Waals surface area contributed by atoms with Gasteiger partial charge in [0.05, 0.1) is 18.9 Å². The fourth-order valence-electron chi connectivity index (χ4n) is 4.94. The van der Waals surface area contributed by atoms with Crippen molar-refractivity contribution in [1.29, 1.82) is 5.26 Å². The van der Waals surface area contributed by atoms with E-state index in [0.29, 0.717) is 16.1 Å². The van der Waals surface area contributed by atoms with E-state index in [1.54, 1.807) is 42.5 Å². The van der Waals surface area contributed by atoms with Gasteiger partial charge in [-0.3, -0.25) is 33.6 Å². The van der Waals surface area contributed by atoms with Crippen LogP contribution in [0.15, 0.2) is 53.4 Å². The number of hydrogen-bond donors (Lipinski definition) is 9. The van der Waals surface area contributed by atoms with Crippen LogP contribution in [-0.2, 0) is 44.9 Å². The van der Waals surface area contributed by atoms with Crippen LogP contribution < -0.4 is 31.9 Å². The van der Waals surface area contributed by atoms with Crippen molar-refractivity contribution in [3.05, 3.63) is 54.1 Å². The normalized spacial score (nSPS) is 15.0. The fourth-order valence-corrected chi connectivity index (χ4v) is 5.88. The average molecular weight is 770 g/mol. The number of anilines is 2. The lowest BCUT2D eigenvalue weighted by atomic mass is 10.0. The van der Waals surface area contributed by atoms with Gasteiger partial charge >= 0.3 is 24.0 Å². The predicted molar refractivity (Wildman–Crippen MR) is 190 cm³/mol. The van der Waals surface area contributed by atoms with Crippen LogP contribution in [0.4, 0.5) is 16.2 Å². The minimum absolute atomic E-state index is 0.208. The molecule has 2 aromatic rings. The van der Waals surface area contributed by atoms with Gasteiger partial charge in [0, 0.05) is 22.7 Å². The van der Waals surface area contributed by atoms with E-state index in [9.17, 15) is 58.9 Å². The molecule has 0 aliphatic carbocycles. The molecule has 1 heterocycles. The number of hydrogen-bond acceptors (Lipinski definition) is 12. The van der Waals surface area contributed by atoms with E-state index < -0.39 is 109 Å². The van der Waals surface area contributed by atoms with Gasteiger partial charge in [-0.05, 0) is 36.1 Å². The number of amides is 5. The molecule has 5 atom stereocenters. The lowest BCUT2D eigenvalue weighted by Gasteiger charge is -2.27. The molecule has 3 rings (SSSR count). The van der Waals surface area contributed by atoms with E-state index in [2.05, 4.69) is 38.0 Å². The number of nitrogens with one attached hydrogen (secondary N) is 6. The number of rotatable bonds is 19. The molecule has 19 nitrogen and oxygen atoms in total. The van der Waals surface area contributed by atoms with Crippen molar-refractivity contribution in [2.75, 3.05) is 10.6 Å². The molecular formula is C34H39N7O12S. The molecule has 54 heavy (non-hydrogen) atoms. The van der Waals surface area contributed by atoms with Crippen LogP contribution in [0.1, 0.15) is 45.1 Å². The van der Waals surface area contributed by atoms with Crippen molar-refractivity contribution >= 4 is 70.8 Å². The Labute approximate surface area is 312 Å². The largest absolute Gasteiger partial charge is 0.481 e. The molecule has 0 fully saturated rings. The summed E-state index contributed by atoms with van der Waals surface area (Å²) in [5.74, 6) is -9.12. The standard InChI is InChI=1S/C34H39N7O12S/c1-17(2)29(33(51)39-22(13-27(44)45)31(49)36-19-8-9-20-24(12-19)54-25(15-35)37-20)41-30(48)21(10-11-26(42)43)38-32(50)23(14-28(46)47)40-34(52)53-16-18-6-4-3-5-7-18/h3-9,12,17,21-23,25,29,37H,10-11,13-14,16H2,1-2H3,(H,36,49)(H,38,50)(H,39,51)(H,40,52)(H,41,48)(H,42,43)(H,44,45)(H,46,47). The fraction of sp³-hybridized carbons (Fsp3) is 0.382. The Kier molecular flexibility index (Phi) is 15.6. The topological polar surface area (TPSA) is 302 Å². The van der Waals surface area contributed by atoms with Gasteiger partial charge in [0.1, 0.15) is 30.8 Å². The van der Waals surface area contributed by atoms with Gasteiger partial charge in [-0.1, -0.05) is 55.9 Å². The Bertz CT molecular complexity index is 1790. The number of benzene rings is 2. The van der Waals surface area contributed by atoms with Crippen LogP contribution in [0.5, 0.6) is 0 Å². The summed E-state index contributed by atoms with van der Waals surface area (Å²) in [6.07, 6.45) is -4.11. The maximum absolute atomic E-state index is 13.5. The lowest BCUT2D eigenvalue weighted by Crippen LogP contribution is -2.59. The minimum Gasteiger partial charge on any atom is -0.481 e. The number of carbonyl (C=O) groups is 8. The second-order valence-electron chi connectivity index (χ2n) is 12.2. The average Bonchev–Trinajstić information content (AvgIpc) is 3.53. The molecule has 0 bridgehead atoms. The first-order valence-corrected chi connectivity index (χ1v) is 17.3. The molecule has 1 aliphatic heterocycles. The number of fused-ring (bicyclic) bond motifs is 1. The third-order valence-corrected chi connectivity index (χ3v) is 8.69. The summed E-state index contributed by atoms with van der Waals surface area (Å²) in [7, 11) is 0. The van der Waals surface area contributed by atoms with E-state index >= 15 is 0 Å². The number of ether oxygens (including phenoxy) is 1. The smallest absolute Gasteiger partial charge is 0.408 e. The van der Waals surface area contributed by atoms with E-state index in [4.69, 9.17) is 4.74 Å². The summed E-state index contributed by atoms with van der Waals surface area (Å²) in [5, 5.41) is 51.3. The van der Waals surface area contributed by atoms with E-state index in [1.165, 1.54) is 31.7 Å². The third kappa shape index (κ3) is 13.3. The van der Waals surface area contributed by atoms with Crippen molar-refractivity contribution in [3.8, 4) is 6.07 Å². The number of nitriles is 1.